The molecule has 37 heavy (non-hydrogen) atoms. The summed E-state index contributed by atoms with van der Waals surface area (Å²) in [6.45, 7) is 4.81. The molecule has 0 aromatic carbocycles. The molecule has 8 rings (SSSR count). The molecular formula is C28H31N7O2. The Labute approximate surface area is 216 Å². The first-order valence-corrected chi connectivity index (χ1v) is 13.4. The predicted octanol–water partition coefficient (Wildman–Crippen LogP) is 2.72. The quantitative estimate of drug-likeness (QED) is 0.587. The summed E-state index contributed by atoms with van der Waals surface area (Å²) in [4.78, 5) is 38.2. The van der Waals surface area contributed by atoms with E-state index in [1.165, 1.54) is 16.8 Å². The van der Waals surface area contributed by atoms with Crippen molar-refractivity contribution in [1.82, 2.24) is 25.3 Å². The van der Waals surface area contributed by atoms with Crippen LogP contribution in [0.2, 0.25) is 0 Å². The Morgan fingerprint density at radius 3 is 2.76 bits per heavy atom. The van der Waals surface area contributed by atoms with Crippen LogP contribution in [0.5, 0.6) is 6.01 Å². The number of hydrogen-bond donors (Lipinski definition) is 1. The first-order valence-electron chi connectivity index (χ1n) is 13.4. The number of pyridine rings is 1. The molecule has 5 fully saturated rings. The molecule has 0 spiro atoms. The number of carbonyl (C=O) groups is 1. The van der Waals surface area contributed by atoms with E-state index in [4.69, 9.17) is 16.2 Å². The molecule has 0 radical (unpaired) electrons. The van der Waals surface area contributed by atoms with Crippen LogP contribution < -0.4 is 15.0 Å². The molecule has 2 aromatic heterocycles. The van der Waals surface area contributed by atoms with Crippen LogP contribution in [0.25, 0.3) is 0 Å². The minimum atomic E-state index is -0.241. The second-order valence-electron chi connectivity index (χ2n) is 11.4. The number of ether oxygens (including phenoxy) is 1. The maximum atomic E-state index is 13.1. The molecule has 1 saturated heterocycles. The average Bonchev–Trinajstić information content (AvgIpc) is 3.50. The van der Waals surface area contributed by atoms with Crippen molar-refractivity contribution in [3.8, 4) is 18.4 Å². The molecule has 9 heteroatoms. The van der Waals surface area contributed by atoms with Crippen molar-refractivity contribution in [3.05, 3.63) is 34.9 Å². The van der Waals surface area contributed by atoms with Gasteiger partial charge in [-0.1, -0.05) is 0 Å². The van der Waals surface area contributed by atoms with E-state index in [1.54, 1.807) is 0 Å². The number of anilines is 1. The number of nitrogens with zero attached hydrogens (tertiary/aromatic N) is 6. The van der Waals surface area contributed by atoms with E-state index in [1.807, 2.05) is 6.20 Å². The highest BCUT2D eigenvalue weighted by atomic mass is 16.5. The fourth-order valence-electron chi connectivity index (χ4n) is 6.41. The van der Waals surface area contributed by atoms with E-state index in [0.29, 0.717) is 30.9 Å². The summed E-state index contributed by atoms with van der Waals surface area (Å²) < 4.78 is 5.93. The van der Waals surface area contributed by atoms with Crippen molar-refractivity contribution < 1.29 is 9.53 Å². The zero-order valence-corrected chi connectivity index (χ0v) is 21.1. The van der Waals surface area contributed by atoms with Gasteiger partial charge < -0.3 is 15.0 Å². The van der Waals surface area contributed by atoms with E-state index in [-0.39, 0.29) is 29.2 Å². The van der Waals surface area contributed by atoms with Gasteiger partial charge in [-0.15, -0.1) is 12.3 Å². The molecule has 2 aliphatic heterocycles. The Kier molecular flexibility index (Phi) is 5.20. The summed E-state index contributed by atoms with van der Waals surface area (Å²) in [5.74, 6) is 4.90. The number of amides is 1. The maximum absolute atomic E-state index is 13.1. The largest absolute Gasteiger partial charge is 0.463 e. The topological polar surface area (TPSA) is 105 Å². The molecule has 4 aliphatic carbocycles. The second kappa shape index (κ2) is 8.51. The number of nitrogens with one attached hydrogen (secondary N) is 1. The van der Waals surface area contributed by atoms with E-state index >= 15 is 0 Å². The Balaban J connectivity index is 1.07. The molecule has 4 heterocycles. The number of aromatic nitrogens is 4. The highest BCUT2D eigenvalue weighted by molar-refractivity contribution is 6.06. The summed E-state index contributed by atoms with van der Waals surface area (Å²) in [7, 11) is 0. The number of hydrogen-bond acceptors (Lipinski definition) is 8. The lowest BCUT2D eigenvalue weighted by Gasteiger charge is -2.61. The van der Waals surface area contributed by atoms with Crippen molar-refractivity contribution in [1.29, 1.82) is 0 Å². The lowest BCUT2D eigenvalue weighted by atomic mass is 9.50. The van der Waals surface area contributed by atoms with Gasteiger partial charge in [0.1, 0.15) is 0 Å². The van der Waals surface area contributed by atoms with Crippen LogP contribution in [0.15, 0.2) is 17.3 Å². The van der Waals surface area contributed by atoms with Gasteiger partial charge in [0, 0.05) is 53.9 Å². The molecular weight excluding hydrogens is 466 g/mol. The van der Waals surface area contributed by atoms with Crippen LogP contribution >= 0.6 is 0 Å². The van der Waals surface area contributed by atoms with Crippen LogP contribution in [0.4, 0.5) is 5.95 Å². The highest BCUT2D eigenvalue weighted by Gasteiger charge is 2.57. The molecule has 0 unspecified atom stereocenters. The van der Waals surface area contributed by atoms with Gasteiger partial charge in [-0.25, -0.2) is 0 Å². The lowest BCUT2D eigenvalue weighted by Crippen LogP contribution is -2.68. The van der Waals surface area contributed by atoms with Crippen molar-refractivity contribution in [3.63, 3.8) is 0 Å². The lowest BCUT2D eigenvalue weighted by molar-refractivity contribution is -0.0441. The Hall–Kier alpha value is -3.54. The molecule has 9 nitrogen and oxygen atoms in total. The van der Waals surface area contributed by atoms with Gasteiger partial charge in [-0.2, -0.15) is 15.0 Å². The third-order valence-corrected chi connectivity index (χ3v) is 8.84. The van der Waals surface area contributed by atoms with Gasteiger partial charge in [0.2, 0.25) is 11.8 Å². The van der Waals surface area contributed by atoms with Gasteiger partial charge >= 0.3 is 6.01 Å². The fraction of sp³-hybridized carbons (Fsp3) is 0.571. The minimum absolute atomic E-state index is 0.0484. The predicted molar refractivity (Wildman–Crippen MR) is 137 cm³/mol. The van der Waals surface area contributed by atoms with Gasteiger partial charge in [0.05, 0.1) is 18.8 Å². The van der Waals surface area contributed by atoms with Gasteiger partial charge in [0.15, 0.2) is 0 Å². The molecule has 4 saturated carbocycles. The summed E-state index contributed by atoms with van der Waals surface area (Å²) in [5.41, 5.74) is 4.69. The molecule has 1 N–H and O–H groups in total. The zero-order valence-electron chi connectivity index (χ0n) is 21.1. The standard InChI is InChI=1S/C28H31N7O2/c1-3-18-10-20(18)15-37-27-32-24(25(36)34-28-11-17(12-28)13-28)31-26(33-27)35-8-5-19(6-9-35)23-22-16(2)4-7-29-21(22)14-30-23/h1,4,7,17-20H,5-6,8-15H2,2H3,(H,34,36)/t17?,18-,20-,28?/m1/s1. The Morgan fingerprint density at radius 2 is 2.05 bits per heavy atom. The van der Waals surface area contributed by atoms with E-state index < -0.39 is 0 Å². The third kappa shape index (κ3) is 4.03. The van der Waals surface area contributed by atoms with Crippen LogP contribution in [0.3, 0.4) is 0 Å². The van der Waals surface area contributed by atoms with Gasteiger partial charge in [0.25, 0.3) is 5.91 Å². The molecule has 6 aliphatic rings. The number of terminal acetylenes is 1. The first-order chi connectivity index (χ1) is 18.0. The van der Waals surface area contributed by atoms with Crippen molar-refractivity contribution in [2.45, 2.75) is 57.5 Å². The summed E-state index contributed by atoms with van der Waals surface area (Å²) in [6.07, 6.45) is 13.4. The Morgan fingerprint density at radius 1 is 1.24 bits per heavy atom. The second-order valence-corrected chi connectivity index (χ2v) is 11.4. The first kappa shape index (κ1) is 22.6. The van der Waals surface area contributed by atoms with Crippen LogP contribution in [0.1, 0.15) is 66.0 Å². The minimum Gasteiger partial charge on any atom is -0.463 e. The number of fused-ring (bicyclic) bond motifs is 1. The van der Waals surface area contributed by atoms with Gasteiger partial charge in [-0.3, -0.25) is 14.8 Å². The van der Waals surface area contributed by atoms with E-state index in [2.05, 4.69) is 49.1 Å². The SMILES string of the molecule is C#C[C@@H]1C[C@@H]1COc1nc(C(=O)NC23CC(C2)C3)nc(N2CCC(C3=NCc4nccc(C)c43)CC2)n1. The number of piperidine rings is 1. The molecule has 2 bridgehead atoms. The third-order valence-electron chi connectivity index (χ3n) is 8.84. The molecule has 1 amide bonds. The smallest absolute Gasteiger partial charge is 0.321 e. The van der Waals surface area contributed by atoms with Crippen LogP contribution in [-0.4, -0.2) is 56.8 Å². The highest BCUT2D eigenvalue weighted by Crippen LogP contribution is 2.57. The fourth-order valence-corrected chi connectivity index (χ4v) is 6.41. The van der Waals surface area contributed by atoms with E-state index in [0.717, 1.165) is 63.2 Å². The summed E-state index contributed by atoms with van der Waals surface area (Å²) in [5, 5.41) is 3.17. The van der Waals surface area contributed by atoms with Crippen molar-refractivity contribution in [2.24, 2.45) is 28.7 Å². The summed E-state index contributed by atoms with van der Waals surface area (Å²) >= 11 is 0. The van der Waals surface area contributed by atoms with E-state index in [9.17, 15) is 4.79 Å². The monoisotopic (exact) mass is 497 g/mol. The molecule has 2 aromatic rings. The summed E-state index contributed by atoms with van der Waals surface area (Å²) in [6, 6.07) is 2.27. The molecule has 190 valence electrons. The average molecular weight is 498 g/mol. The maximum Gasteiger partial charge on any atom is 0.321 e. The normalized spacial score (nSPS) is 29.4. The van der Waals surface area contributed by atoms with Crippen LogP contribution in [-0.2, 0) is 6.54 Å². The van der Waals surface area contributed by atoms with Crippen molar-refractivity contribution in [2.75, 3.05) is 24.6 Å². The number of carbonyl (C=O) groups excluding carboxylic acids is 1. The zero-order chi connectivity index (χ0) is 25.1. The number of aliphatic imine (C=N–C) groups is 1. The number of aryl methyl sites for hydroxylation is 1. The van der Waals surface area contributed by atoms with Crippen molar-refractivity contribution >= 4 is 17.6 Å². The molecule has 2 atom stereocenters. The number of rotatable bonds is 7. The Bertz CT molecular complexity index is 1320. The van der Waals surface area contributed by atoms with Gasteiger partial charge in [-0.05, 0) is 63.0 Å². The van der Waals surface area contributed by atoms with Crippen LogP contribution in [0, 0.1) is 42.9 Å².